The number of aromatic nitrogens is 2. The molecule has 5 nitrogen and oxygen atoms in total. The van der Waals surface area contributed by atoms with Crippen LogP contribution in [-0.2, 0) is 17.0 Å². The molecule has 0 unspecified atom stereocenters. The van der Waals surface area contributed by atoms with Crippen LogP contribution in [0.25, 0.3) is 0 Å². The smallest absolute Gasteiger partial charge is 0.303 e. The Hall–Kier alpha value is -1.30. The Balaban J connectivity index is 2.73. The Kier molecular flexibility index (Phi) is 6.08. The summed E-state index contributed by atoms with van der Waals surface area (Å²) in [6.07, 6.45) is 0.177. The highest BCUT2D eigenvalue weighted by molar-refractivity contribution is 7.98. The maximum Gasteiger partial charge on any atom is 0.303 e. The number of nitrogens with zero attached hydrogens (tertiary/aromatic N) is 1. The maximum absolute atomic E-state index is 11.9. The van der Waals surface area contributed by atoms with Crippen molar-refractivity contribution in [2.45, 2.75) is 39.4 Å². The van der Waals surface area contributed by atoms with Crippen molar-refractivity contribution in [2.75, 3.05) is 5.75 Å². The molecule has 1 heterocycles. The van der Waals surface area contributed by atoms with Gasteiger partial charge in [-0.2, -0.15) is 11.8 Å². The van der Waals surface area contributed by atoms with E-state index in [2.05, 4.69) is 23.8 Å². The van der Waals surface area contributed by atoms with Gasteiger partial charge in [0.2, 0.25) is 0 Å². The molecule has 0 radical (unpaired) electrons. The number of thioether (sulfide) groups is 1. The van der Waals surface area contributed by atoms with E-state index >= 15 is 0 Å². The van der Waals surface area contributed by atoms with E-state index in [0.29, 0.717) is 28.8 Å². The van der Waals surface area contributed by atoms with Gasteiger partial charge in [0.1, 0.15) is 5.82 Å². The molecule has 106 valence electrons. The lowest BCUT2D eigenvalue weighted by Gasteiger charge is -2.07. The molecule has 19 heavy (non-hydrogen) atoms. The van der Waals surface area contributed by atoms with E-state index in [1.165, 1.54) is 0 Å². The molecule has 0 spiro atoms. The predicted octanol–water partition coefficient (Wildman–Crippen LogP) is 1.98. The Labute approximate surface area is 116 Å². The fraction of sp³-hybridized carbons (Fsp3) is 0.615. The summed E-state index contributed by atoms with van der Waals surface area (Å²) in [5.41, 5.74) is 0.888. The number of rotatable bonds is 7. The average Bonchev–Trinajstić information content (AvgIpc) is 2.26. The average molecular weight is 284 g/mol. The number of nitrogens with one attached hydrogen (secondary N) is 1. The molecule has 0 bridgehead atoms. The number of aliphatic carboxylic acids is 1. The SMILES string of the molecule is Cc1nc(CSCC(C)C)[nH]c(=O)c1CCC(=O)O. The van der Waals surface area contributed by atoms with E-state index in [0.717, 1.165) is 5.75 Å². The molecule has 2 N–H and O–H groups in total. The zero-order chi connectivity index (χ0) is 14.4. The summed E-state index contributed by atoms with van der Waals surface area (Å²) >= 11 is 1.73. The van der Waals surface area contributed by atoms with Crippen LogP contribution >= 0.6 is 11.8 Å². The zero-order valence-corrected chi connectivity index (χ0v) is 12.3. The molecule has 0 fully saturated rings. The predicted molar refractivity (Wildman–Crippen MR) is 76.6 cm³/mol. The standard InChI is InChI=1S/C13H20N2O3S/c1-8(2)6-19-7-11-14-9(3)10(13(18)15-11)4-5-12(16)17/h8H,4-7H2,1-3H3,(H,16,17)(H,14,15,18). The van der Waals surface area contributed by atoms with Gasteiger partial charge in [-0.05, 0) is 25.0 Å². The topological polar surface area (TPSA) is 83.0 Å². The van der Waals surface area contributed by atoms with Gasteiger partial charge in [-0.3, -0.25) is 9.59 Å². The molecule has 1 rings (SSSR count). The Bertz CT molecular complexity index is 497. The minimum atomic E-state index is -0.907. The Morgan fingerprint density at radius 1 is 1.47 bits per heavy atom. The van der Waals surface area contributed by atoms with Crippen LogP contribution < -0.4 is 5.56 Å². The number of carboxylic acids is 1. The third-order valence-electron chi connectivity index (χ3n) is 2.55. The molecule has 1 aromatic heterocycles. The van der Waals surface area contributed by atoms with Gasteiger partial charge in [0.05, 0.1) is 5.75 Å². The van der Waals surface area contributed by atoms with Crippen LogP contribution in [0.4, 0.5) is 0 Å². The lowest BCUT2D eigenvalue weighted by atomic mass is 10.1. The second-order valence-electron chi connectivity index (χ2n) is 4.88. The number of aryl methyl sites for hydroxylation is 1. The van der Waals surface area contributed by atoms with Crippen molar-refractivity contribution in [3.05, 3.63) is 27.4 Å². The molecule has 0 saturated heterocycles. The minimum Gasteiger partial charge on any atom is -0.481 e. The summed E-state index contributed by atoms with van der Waals surface area (Å²) in [6, 6.07) is 0. The third-order valence-corrected chi connectivity index (χ3v) is 3.93. The quantitative estimate of drug-likeness (QED) is 0.800. The van der Waals surface area contributed by atoms with Gasteiger partial charge in [0.25, 0.3) is 5.56 Å². The van der Waals surface area contributed by atoms with Crippen LogP contribution in [0.15, 0.2) is 4.79 Å². The van der Waals surface area contributed by atoms with Gasteiger partial charge in [0, 0.05) is 17.7 Å². The fourth-order valence-electron chi connectivity index (χ4n) is 1.65. The molecular formula is C13H20N2O3S. The van der Waals surface area contributed by atoms with E-state index in [-0.39, 0.29) is 18.4 Å². The van der Waals surface area contributed by atoms with Crippen molar-refractivity contribution in [3.8, 4) is 0 Å². The zero-order valence-electron chi connectivity index (χ0n) is 11.5. The number of carboxylic acid groups (broad SMARTS) is 1. The highest BCUT2D eigenvalue weighted by atomic mass is 32.2. The minimum absolute atomic E-state index is 0.0486. The van der Waals surface area contributed by atoms with E-state index in [4.69, 9.17) is 5.11 Å². The van der Waals surface area contributed by atoms with E-state index in [9.17, 15) is 9.59 Å². The van der Waals surface area contributed by atoms with E-state index < -0.39 is 5.97 Å². The highest BCUT2D eigenvalue weighted by Gasteiger charge is 2.10. The molecule has 1 aromatic rings. The number of hydrogen-bond acceptors (Lipinski definition) is 4. The second kappa shape index (κ2) is 7.33. The van der Waals surface area contributed by atoms with Crippen molar-refractivity contribution in [1.82, 2.24) is 9.97 Å². The molecule has 0 atom stereocenters. The lowest BCUT2D eigenvalue weighted by Crippen LogP contribution is -2.19. The number of hydrogen-bond donors (Lipinski definition) is 2. The van der Waals surface area contributed by atoms with Crippen molar-refractivity contribution >= 4 is 17.7 Å². The molecule has 0 aliphatic carbocycles. The summed E-state index contributed by atoms with van der Waals surface area (Å²) in [6.45, 7) is 6.04. The first-order valence-electron chi connectivity index (χ1n) is 6.28. The summed E-state index contributed by atoms with van der Waals surface area (Å²) < 4.78 is 0. The normalized spacial score (nSPS) is 10.9. The number of H-pyrrole nitrogens is 1. The lowest BCUT2D eigenvalue weighted by molar-refractivity contribution is -0.136. The molecule has 0 aliphatic rings. The Morgan fingerprint density at radius 2 is 2.16 bits per heavy atom. The van der Waals surface area contributed by atoms with Gasteiger partial charge >= 0.3 is 5.97 Å². The largest absolute Gasteiger partial charge is 0.481 e. The van der Waals surface area contributed by atoms with E-state index in [1.54, 1.807) is 18.7 Å². The summed E-state index contributed by atoms with van der Waals surface area (Å²) in [4.78, 5) is 29.5. The van der Waals surface area contributed by atoms with Gasteiger partial charge in [-0.1, -0.05) is 13.8 Å². The van der Waals surface area contributed by atoms with Gasteiger partial charge in [-0.15, -0.1) is 0 Å². The summed E-state index contributed by atoms with van der Waals surface area (Å²) in [5, 5.41) is 8.64. The van der Waals surface area contributed by atoms with Crippen LogP contribution in [0.2, 0.25) is 0 Å². The van der Waals surface area contributed by atoms with Gasteiger partial charge in [0.15, 0.2) is 0 Å². The maximum atomic E-state index is 11.9. The van der Waals surface area contributed by atoms with Crippen LogP contribution in [0, 0.1) is 12.8 Å². The molecule has 6 heteroatoms. The van der Waals surface area contributed by atoms with Crippen molar-refractivity contribution in [2.24, 2.45) is 5.92 Å². The van der Waals surface area contributed by atoms with Crippen LogP contribution in [0.1, 0.15) is 37.4 Å². The molecular weight excluding hydrogens is 264 g/mol. The molecule has 0 saturated carbocycles. The molecule has 0 aromatic carbocycles. The Morgan fingerprint density at radius 3 is 2.68 bits per heavy atom. The monoisotopic (exact) mass is 284 g/mol. The number of carbonyl (C=O) groups is 1. The molecule has 0 aliphatic heterocycles. The first kappa shape index (κ1) is 15.8. The van der Waals surface area contributed by atoms with Crippen LogP contribution in [0.3, 0.4) is 0 Å². The van der Waals surface area contributed by atoms with Crippen molar-refractivity contribution in [1.29, 1.82) is 0 Å². The third kappa shape index (κ3) is 5.46. The van der Waals surface area contributed by atoms with Gasteiger partial charge < -0.3 is 10.1 Å². The van der Waals surface area contributed by atoms with Crippen molar-refractivity contribution < 1.29 is 9.90 Å². The fourth-order valence-corrected chi connectivity index (χ4v) is 2.57. The van der Waals surface area contributed by atoms with Crippen LogP contribution in [0.5, 0.6) is 0 Å². The highest BCUT2D eigenvalue weighted by Crippen LogP contribution is 2.13. The van der Waals surface area contributed by atoms with Crippen molar-refractivity contribution in [3.63, 3.8) is 0 Å². The molecule has 0 amide bonds. The number of aromatic amines is 1. The van der Waals surface area contributed by atoms with Gasteiger partial charge in [-0.25, -0.2) is 4.98 Å². The first-order valence-corrected chi connectivity index (χ1v) is 7.43. The van der Waals surface area contributed by atoms with E-state index in [1.807, 2.05) is 0 Å². The summed E-state index contributed by atoms with van der Waals surface area (Å²) in [7, 11) is 0. The van der Waals surface area contributed by atoms with Crippen LogP contribution in [-0.4, -0.2) is 26.8 Å². The second-order valence-corrected chi connectivity index (χ2v) is 5.91. The first-order chi connectivity index (χ1) is 8.90. The summed E-state index contributed by atoms with van der Waals surface area (Å²) in [5.74, 6) is 2.05.